The number of aryl methyl sites for hydroxylation is 2. The summed E-state index contributed by atoms with van der Waals surface area (Å²) in [7, 11) is 0. The van der Waals surface area contributed by atoms with E-state index in [1.807, 2.05) is 19.1 Å². The van der Waals surface area contributed by atoms with E-state index in [0.29, 0.717) is 11.0 Å². The first kappa shape index (κ1) is 12.0. The molecule has 0 saturated heterocycles. The molecule has 0 radical (unpaired) electrons. The van der Waals surface area contributed by atoms with Crippen molar-refractivity contribution in [2.75, 3.05) is 0 Å². The van der Waals surface area contributed by atoms with E-state index in [-0.39, 0.29) is 5.56 Å². The van der Waals surface area contributed by atoms with Crippen LogP contribution >= 0.6 is 15.9 Å². The fourth-order valence-electron chi connectivity index (χ4n) is 1.60. The molecule has 0 aromatic carbocycles. The van der Waals surface area contributed by atoms with Gasteiger partial charge in [0.1, 0.15) is 10.3 Å². The van der Waals surface area contributed by atoms with E-state index in [2.05, 4.69) is 25.9 Å². The van der Waals surface area contributed by atoms with Gasteiger partial charge in [-0.05, 0) is 47.0 Å². The standard InChI is InChI=1S/C12H12BrN3O/c1-9-15-8-11(13)12(17)16(9)7-4-10-2-5-14-6-3-10/h2-3,5-6,8H,4,7H2,1H3. The first-order valence-corrected chi connectivity index (χ1v) is 6.08. The van der Waals surface area contributed by atoms with Gasteiger partial charge in [-0.1, -0.05) is 0 Å². The van der Waals surface area contributed by atoms with E-state index in [4.69, 9.17) is 0 Å². The smallest absolute Gasteiger partial charge is 0.267 e. The van der Waals surface area contributed by atoms with Gasteiger partial charge in [-0.2, -0.15) is 0 Å². The van der Waals surface area contributed by atoms with E-state index in [9.17, 15) is 4.79 Å². The van der Waals surface area contributed by atoms with Crippen LogP contribution in [-0.4, -0.2) is 14.5 Å². The highest BCUT2D eigenvalue weighted by molar-refractivity contribution is 9.10. The molecule has 2 aromatic heterocycles. The van der Waals surface area contributed by atoms with Gasteiger partial charge in [0.25, 0.3) is 5.56 Å². The molecule has 2 rings (SSSR count). The Labute approximate surface area is 107 Å². The second-order valence-corrected chi connectivity index (χ2v) is 4.57. The molecule has 0 atom stereocenters. The maximum absolute atomic E-state index is 11.9. The Morgan fingerprint density at radius 2 is 2.06 bits per heavy atom. The Morgan fingerprint density at radius 3 is 2.76 bits per heavy atom. The van der Waals surface area contributed by atoms with Crippen LogP contribution in [-0.2, 0) is 13.0 Å². The van der Waals surface area contributed by atoms with Crippen LogP contribution in [0.4, 0.5) is 0 Å². The lowest BCUT2D eigenvalue weighted by atomic mass is 10.2. The van der Waals surface area contributed by atoms with Crippen LogP contribution in [0.5, 0.6) is 0 Å². The average molecular weight is 294 g/mol. The molecule has 0 aliphatic heterocycles. The normalized spacial score (nSPS) is 10.5. The second-order valence-electron chi connectivity index (χ2n) is 3.72. The number of nitrogens with zero attached hydrogens (tertiary/aromatic N) is 3. The van der Waals surface area contributed by atoms with Crippen molar-refractivity contribution in [2.24, 2.45) is 0 Å². The zero-order chi connectivity index (χ0) is 12.3. The van der Waals surface area contributed by atoms with Crippen molar-refractivity contribution in [1.29, 1.82) is 0 Å². The van der Waals surface area contributed by atoms with E-state index < -0.39 is 0 Å². The van der Waals surface area contributed by atoms with Gasteiger partial charge in [0.05, 0.1) is 0 Å². The molecule has 0 fully saturated rings. The van der Waals surface area contributed by atoms with Crippen LogP contribution in [0.15, 0.2) is 40.0 Å². The molecule has 0 unspecified atom stereocenters. The Bertz CT molecular complexity index is 566. The highest BCUT2D eigenvalue weighted by atomic mass is 79.9. The van der Waals surface area contributed by atoms with Gasteiger partial charge in [-0.3, -0.25) is 14.3 Å². The number of aromatic nitrogens is 3. The summed E-state index contributed by atoms with van der Waals surface area (Å²) in [6.45, 7) is 2.46. The number of hydrogen-bond donors (Lipinski definition) is 0. The molecule has 0 saturated carbocycles. The molecule has 2 aromatic rings. The van der Waals surface area contributed by atoms with Crippen molar-refractivity contribution in [3.8, 4) is 0 Å². The summed E-state index contributed by atoms with van der Waals surface area (Å²) in [6.07, 6.45) is 5.84. The highest BCUT2D eigenvalue weighted by Crippen LogP contribution is 2.04. The molecule has 0 aliphatic carbocycles. The van der Waals surface area contributed by atoms with Gasteiger partial charge in [-0.15, -0.1) is 0 Å². The minimum absolute atomic E-state index is 0.0356. The second kappa shape index (κ2) is 5.23. The van der Waals surface area contributed by atoms with E-state index >= 15 is 0 Å². The number of hydrogen-bond acceptors (Lipinski definition) is 3. The Hall–Kier alpha value is -1.49. The highest BCUT2D eigenvalue weighted by Gasteiger charge is 2.05. The molecular weight excluding hydrogens is 282 g/mol. The van der Waals surface area contributed by atoms with Crippen molar-refractivity contribution in [3.63, 3.8) is 0 Å². The monoisotopic (exact) mass is 293 g/mol. The fourth-order valence-corrected chi connectivity index (χ4v) is 1.92. The minimum Gasteiger partial charge on any atom is -0.296 e. The fraction of sp³-hybridized carbons (Fsp3) is 0.250. The summed E-state index contributed by atoms with van der Waals surface area (Å²) < 4.78 is 2.17. The summed E-state index contributed by atoms with van der Waals surface area (Å²) in [5, 5.41) is 0. The Morgan fingerprint density at radius 1 is 1.35 bits per heavy atom. The van der Waals surface area contributed by atoms with Gasteiger partial charge in [0.2, 0.25) is 0 Å². The lowest BCUT2D eigenvalue weighted by Gasteiger charge is -2.09. The third-order valence-electron chi connectivity index (χ3n) is 2.58. The van der Waals surface area contributed by atoms with Crippen LogP contribution in [0.2, 0.25) is 0 Å². The van der Waals surface area contributed by atoms with Gasteiger partial charge < -0.3 is 0 Å². The molecule has 0 spiro atoms. The van der Waals surface area contributed by atoms with Gasteiger partial charge in [0.15, 0.2) is 0 Å². The number of pyridine rings is 1. The first-order valence-electron chi connectivity index (χ1n) is 5.29. The zero-order valence-corrected chi connectivity index (χ0v) is 11.0. The quantitative estimate of drug-likeness (QED) is 0.869. The lowest BCUT2D eigenvalue weighted by molar-refractivity contribution is 0.626. The van der Waals surface area contributed by atoms with Crippen molar-refractivity contribution in [3.05, 3.63) is 56.9 Å². The summed E-state index contributed by atoms with van der Waals surface area (Å²) in [5.74, 6) is 0.729. The van der Waals surface area contributed by atoms with Crippen LogP contribution in [0.1, 0.15) is 11.4 Å². The van der Waals surface area contributed by atoms with Crippen molar-refractivity contribution >= 4 is 15.9 Å². The molecule has 0 N–H and O–H groups in total. The van der Waals surface area contributed by atoms with Crippen molar-refractivity contribution in [1.82, 2.24) is 14.5 Å². The average Bonchev–Trinajstić information content (AvgIpc) is 2.35. The number of halogens is 1. The van der Waals surface area contributed by atoms with Crippen molar-refractivity contribution in [2.45, 2.75) is 19.9 Å². The molecule has 5 heteroatoms. The maximum atomic E-state index is 11.9. The predicted molar refractivity (Wildman–Crippen MR) is 68.9 cm³/mol. The van der Waals surface area contributed by atoms with Crippen LogP contribution in [0.3, 0.4) is 0 Å². The van der Waals surface area contributed by atoms with E-state index in [1.165, 1.54) is 0 Å². The van der Waals surface area contributed by atoms with E-state index in [0.717, 1.165) is 17.8 Å². The van der Waals surface area contributed by atoms with Gasteiger partial charge in [-0.25, -0.2) is 4.98 Å². The molecule has 0 bridgehead atoms. The van der Waals surface area contributed by atoms with Gasteiger partial charge in [0, 0.05) is 25.1 Å². The molecule has 17 heavy (non-hydrogen) atoms. The number of rotatable bonds is 3. The van der Waals surface area contributed by atoms with Crippen LogP contribution < -0.4 is 5.56 Å². The Kier molecular flexibility index (Phi) is 3.68. The molecule has 88 valence electrons. The maximum Gasteiger partial charge on any atom is 0.267 e. The summed E-state index contributed by atoms with van der Waals surface area (Å²) >= 11 is 3.20. The third kappa shape index (κ3) is 2.79. The minimum atomic E-state index is -0.0356. The molecular formula is C12H12BrN3O. The zero-order valence-electron chi connectivity index (χ0n) is 9.43. The van der Waals surface area contributed by atoms with Gasteiger partial charge >= 0.3 is 0 Å². The topological polar surface area (TPSA) is 47.8 Å². The first-order chi connectivity index (χ1) is 8.18. The third-order valence-corrected chi connectivity index (χ3v) is 3.12. The van der Waals surface area contributed by atoms with Crippen LogP contribution in [0, 0.1) is 6.92 Å². The van der Waals surface area contributed by atoms with Crippen molar-refractivity contribution < 1.29 is 0 Å². The molecule has 0 amide bonds. The lowest BCUT2D eigenvalue weighted by Crippen LogP contribution is -2.24. The molecule has 0 aliphatic rings. The SMILES string of the molecule is Cc1ncc(Br)c(=O)n1CCc1ccncc1. The predicted octanol–water partition coefficient (Wildman–Crippen LogP) is 1.95. The molecule has 2 heterocycles. The van der Waals surface area contributed by atoms with Crippen LogP contribution in [0.25, 0.3) is 0 Å². The summed E-state index contributed by atoms with van der Waals surface area (Å²) in [5.41, 5.74) is 1.12. The molecule has 4 nitrogen and oxygen atoms in total. The largest absolute Gasteiger partial charge is 0.296 e. The summed E-state index contributed by atoms with van der Waals surface area (Å²) in [4.78, 5) is 20.0. The van der Waals surface area contributed by atoms with E-state index in [1.54, 1.807) is 23.2 Å². The Balaban J connectivity index is 2.20. The summed E-state index contributed by atoms with van der Waals surface area (Å²) in [6, 6.07) is 3.90.